The summed E-state index contributed by atoms with van der Waals surface area (Å²) in [5.74, 6) is 0.463. The highest BCUT2D eigenvalue weighted by molar-refractivity contribution is 5.91. The van der Waals surface area contributed by atoms with E-state index in [1.54, 1.807) is 17.9 Å². The first-order valence-corrected chi connectivity index (χ1v) is 7.93. The molecular weight excluding hydrogens is 307 g/mol. The summed E-state index contributed by atoms with van der Waals surface area (Å²) in [6.07, 6.45) is 0.818. The highest BCUT2D eigenvalue weighted by Crippen LogP contribution is 2.27. The minimum atomic E-state index is -0.274. The van der Waals surface area contributed by atoms with Crippen LogP contribution in [-0.4, -0.2) is 21.9 Å². The van der Waals surface area contributed by atoms with Crippen LogP contribution >= 0.6 is 0 Å². The SMILES string of the molecule is CCc1nn(C)c(OC)c1CNc1cc(C)nc2ccc(F)cc12. The number of anilines is 1. The van der Waals surface area contributed by atoms with Crippen molar-refractivity contribution in [3.05, 3.63) is 47.0 Å². The Balaban J connectivity index is 1.98. The molecule has 2 heterocycles. The summed E-state index contributed by atoms with van der Waals surface area (Å²) >= 11 is 0. The number of aryl methyl sites for hydroxylation is 3. The van der Waals surface area contributed by atoms with Crippen molar-refractivity contribution < 1.29 is 9.13 Å². The van der Waals surface area contributed by atoms with E-state index in [-0.39, 0.29) is 5.82 Å². The van der Waals surface area contributed by atoms with Gasteiger partial charge in [0.15, 0.2) is 0 Å². The third-order valence-corrected chi connectivity index (χ3v) is 4.05. The van der Waals surface area contributed by atoms with Crippen LogP contribution in [-0.2, 0) is 20.0 Å². The molecule has 24 heavy (non-hydrogen) atoms. The molecule has 3 rings (SSSR count). The molecule has 0 radical (unpaired) electrons. The first-order valence-electron chi connectivity index (χ1n) is 7.93. The van der Waals surface area contributed by atoms with Gasteiger partial charge in [0.05, 0.1) is 23.9 Å². The van der Waals surface area contributed by atoms with Crippen LogP contribution in [0.5, 0.6) is 5.88 Å². The average Bonchev–Trinajstić information content (AvgIpc) is 2.87. The van der Waals surface area contributed by atoms with Crippen molar-refractivity contribution in [1.82, 2.24) is 14.8 Å². The second-order valence-electron chi connectivity index (χ2n) is 5.74. The van der Waals surface area contributed by atoms with E-state index in [4.69, 9.17) is 4.74 Å². The van der Waals surface area contributed by atoms with Gasteiger partial charge in [-0.15, -0.1) is 0 Å². The van der Waals surface area contributed by atoms with Crippen LogP contribution in [0.3, 0.4) is 0 Å². The Kier molecular flexibility index (Phi) is 4.38. The molecule has 1 N–H and O–H groups in total. The van der Waals surface area contributed by atoms with Gasteiger partial charge in [-0.2, -0.15) is 5.10 Å². The summed E-state index contributed by atoms with van der Waals surface area (Å²) in [7, 11) is 3.50. The van der Waals surface area contributed by atoms with Crippen molar-refractivity contribution >= 4 is 16.6 Å². The first-order chi connectivity index (χ1) is 11.5. The van der Waals surface area contributed by atoms with Crippen molar-refractivity contribution in [3.8, 4) is 5.88 Å². The molecule has 0 saturated heterocycles. The number of hydrogen-bond donors (Lipinski definition) is 1. The number of methoxy groups -OCH3 is 1. The van der Waals surface area contributed by atoms with Crippen molar-refractivity contribution in [2.24, 2.45) is 7.05 Å². The van der Waals surface area contributed by atoms with Crippen molar-refractivity contribution in [3.63, 3.8) is 0 Å². The maximum atomic E-state index is 13.6. The topological polar surface area (TPSA) is 52.0 Å². The van der Waals surface area contributed by atoms with Gasteiger partial charge in [-0.25, -0.2) is 9.07 Å². The van der Waals surface area contributed by atoms with E-state index in [1.807, 2.05) is 20.0 Å². The Labute approximate surface area is 140 Å². The second kappa shape index (κ2) is 6.47. The standard InChI is InChI=1S/C18H21FN4O/c1-5-15-14(18(24-4)23(3)22-15)10-20-17-8-11(2)21-16-7-6-12(19)9-13(16)17/h6-9H,5,10H2,1-4H3,(H,20,21). The van der Waals surface area contributed by atoms with Gasteiger partial charge in [0.25, 0.3) is 0 Å². The number of benzene rings is 1. The van der Waals surface area contributed by atoms with Crippen LogP contribution < -0.4 is 10.1 Å². The molecule has 0 fully saturated rings. The van der Waals surface area contributed by atoms with Crippen molar-refractivity contribution in [2.75, 3.05) is 12.4 Å². The Hall–Kier alpha value is -2.63. The van der Waals surface area contributed by atoms with Crippen LogP contribution in [0.4, 0.5) is 10.1 Å². The molecular formula is C18H21FN4O. The number of rotatable bonds is 5. The molecule has 0 spiro atoms. The molecule has 0 amide bonds. The van der Waals surface area contributed by atoms with Gasteiger partial charge in [0.1, 0.15) is 5.82 Å². The van der Waals surface area contributed by atoms with E-state index < -0.39 is 0 Å². The molecule has 0 saturated carbocycles. The predicted octanol–water partition coefficient (Wildman–Crippen LogP) is 3.60. The van der Waals surface area contributed by atoms with E-state index in [1.165, 1.54) is 12.1 Å². The van der Waals surface area contributed by atoms with Gasteiger partial charge in [0, 0.05) is 30.4 Å². The number of ether oxygens (including phenoxy) is 1. The van der Waals surface area contributed by atoms with Crippen molar-refractivity contribution in [1.29, 1.82) is 0 Å². The maximum Gasteiger partial charge on any atom is 0.216 e. The third-order valence-electron chi connectivity index (χ3n) is 4.05. The van der Waals surface area contributed by atoms with E-state index in [2.05, 4.69) is 22.3 Å². The zero-order chi connectivity index (χ0) is 17.3. The van der Waals surface area contributed by atoms with Crippen LogP contribution in [0.25, 0.3) is 10.9 Å². The van der Waals surface area contributed by atoms with Crippen LogP contribution in [0.1, 0.15) is 23.9 Å². The zero-order valence-electron chi connectivity index (χ0n) is 14.4. The molecule has 5 nitrogen and oxygen atoms in total. The monoisotopic (exact) mass is 328 g/mol. The molecule has 1 aromatic carbocycles. The molecule has 6 heteroatoms. The number of nitrogens with zero attached hydrogens (tertiary/aromatic N) is 3. The van der Waals surface area contributed by atoms with E-state index in [9.17, 15) is 4.39 Å². The lowest BCUT2D eigenvalue weighted by Gasteiger charge is -2.12. The molecule has 126 valence electrons. The van der Waals surface area contributed by atoms with Gasteiger partial charge in [-0.3, -0.25) is 4.98 Å². The minimum absolute atomic E-state index is 0.274. The van der Waals surface area contributed by atoms with Gasteiger partial charge in [-0.1, -0.05) is 6.92 Å². The summed E-state index contributed by atoms with van der Waals surface area (Å²) < 4.78 is 20.8. The van der Waals surface area contributed by atoms with Crippen LogP contribution in [0.2, 0.25) is 0 Å². The Morgan fingerprint density at radius 2 is 2.08 bits per heavy atom. The summed E-state index contributed by atoms with van der Waals surface area (Å²) in [6, 6.07) is 6.56. The number of hydrogen-bond acceptors (Lipinski definition) is 4. The maximum absolute atomic E-state index is 13.6. The summed E-state index contributed by atoms with van der Waals surface area (Å²) in [6.45, 7) is 4.54. The minimum Gasteiger partial charge on any atom is -0.481 e. The Morgan fingerprint density at radius 1 is 1.29 bits per heavy atom. The van der Waals surface area contributed by atoms with Gasteiger partial charge >= 0.3 is 0 Å². The third kappa shape index (κ3) is 2.91. The first kappa shape index (κ1) is 16.2. The number of nitrogens with one attached hydrogen (secondary N) is 1. The lowest BCUT2D eigenvalue weighted by molar-refractivity contribution is 0.370. The number of pyridine rings is 1. The van der Waals surface area contributed by atoms with Gasteiger partial charge in [-0.05, 0) is 37.6 Å². The summed E-state index contributed by atoms with van der Waals surface area (Å²) in [4.78, 5) is 4.46. The fourth-order valence-corrected chi connectivity index (χ4v) is 2.98. The van der Waals surface area contributed by atoms with Crippen LogP contribution in [0.15, 0.2) is 24.3 Å². The molecule has 0 bridgehead atoms. The zero-order valence-corrected chi connectivity index (χ0v) is 14.4. The van der Waals surface area contributed by atoms with Crippen LogP contribution in [0, 0.1) is 12.7 Å². The van der Waals surface area contributed by atoms with E-state index in [0.29, 0.717) is 6.54 Å². The molecule has 0 aliphatic rings. The quantitative estimate of drug-likeness (QED) is 0.777. The molecule has 0 aliphatic carbocycles. The highest BCUT2D eigenvalue weighted by atomic mass is 19.1. The number of fused-ring (bicyclic) bond motifs is 1. The van der Waals surface area contributed by atoms with Gasteiger partial charge in [0.2, 0.25) is 5.88 Å². The summed E-state index contributed by atoms with van der Waals surface area (Å²) in [5.41, 5.74) is 4.51. The van der Waals surface area contributed by atoms with Crippen molar-refractivity contribution in [2.45, 2.75) is 26.8 Å². The van der Waals surface area contributed by atoms with E-state index >= 15 is 0 Å². The predicted molar refractivity (Wildman–Crippen MR) is 92.9 cm³/mol. The fourth-order valence-electron chi connectivity index (χ4n) is 2.98. The highest BCUT2D eigenvalue weighted by Gasteiger charge is 2.16. The lowest BCUT2D eigenvalue weighted by atomic mass is 10.1. The van der Waals surface area contributed by atoms with E-state index in [0.717, 1.165) is 45.8 Å². The largest absolute Gasteiger partial charge is 0.481 e. The van der Waals surface area contributed by atoms with Gasteiger partial charge < -0.3 is 10.1 Å². The number of halogens is 1. The second-order valence-corrected chi connectivity index (χ2v) is 5.74. The smallest absolute Gasteiger partial charge is 0.216 e. The summed E-state index contributed by atoms with van der Waals surface area (Å²) in [5, 5.41) is 8.65. The lowest BCUT2D eigenvalue weighted by Crippen LogP contribution is -2.05. The molecule has 0 aliphatic heterocycles. The normalized spacial score (nSPS) is 11.0. The average molecular weight is 328 g/mol. The molecule has 0 atom stereocenters. The Morgan fingerprint density at radius 3 is 2.79 bits per heavy atom. The molecule has 0 unspecified atom stereocenters. The molecule has 2 aromatic heterocycles. The number of aromatic nitrogens is 3. The Bertz CT molecular complexity index is 888. The molecule has 3 aromatic rings. The fraction of sp³-hybridized carbons (Fsp3) is 0.333.